The Morgan fingerprint density at radius 1 is 0.800 bits per heavy atom. The van der Waals surface area contributed by atoms with Crippen LogP contribution >= 0.6 is 0 Å². The average Bonchev–Trinajstić information content (AvgIpc) is 3.28. The summed E-state index contributed by atoms with van der Waals surface area (Å²) in [5.41, 5.74) is -0.798. The van der Waals surface area contributed by atoms with Crippen molar-refractivity contribution < 1.29 is 38.2 Å². The first-order valence-corrected chi connectivity index (χ1v) is 18.8. The van der Waals surface area contributed by atoms with Gasteiger partial charge in [-0.2, -0.15) is 0 Å². The minimum absolute atomic E-state index is 0.0974. The van der Waals surface area contributed by atoms with E-state index in [-0.39, 0.29) is 30.2 Å². The number of Topliss-reactive ketones (excluding diaryl/α,β-unsaturated/α-hetero) is 1. The number of methoxy groups -OCH3 is 1. The third-order valence-electron chi connectivity index (χ3n) is 9.00. The Hall–Kier alpha value is -3.47. The summed E-state index contributed by atoms with van der Waals surface area (Å²) in [7, 11) is 2.81. The van der Waals surface area contributed by atoms with Gasteiger partial charge in [0, 0.05) is 19.1 Å². The van der Waals surface area contributed by atoms with E-state index in [9.17, 15) is 24.0 Å². The summed E-state index contributed by atoms with van der Waals surface area (Å²) >= 11 is 0. The van der Waals surface area contributed by atoms with E-state index in [4.69, 9.17) is 14.2 Å². The second-order valence-electron chi connectivity index (χ2n) is 14.3. The van der Waals surface area contributed by atoms with Gasteiger partial charge in [0.05, 0.1) is 25.0 Å². The summed E-state index contributed by atoms with van der Waals surface area (Å²) in [5.74, 6) is -2.66. The van der Waals surface area contributed by atoms with Crippen LogP contribution in [0, 0.1) is 5.41 Å². The highest BCUT2D eigenvalue weighted by molar-refractivity contribution is 6.19. The van der Waals surface area contributed by atoms with Gasteiger partial charge < -0.3 is 19.5 Å². The van der Waals surface area contributed by atoms with Crippen molar-refractivity contribution in [3.05, 3.63) is 23.8 Å². The molecular weight excluding hydrogens is 638 g/mol. The molecule has 1 N–H and O–H groups in total. The summed E-state index contributed by atoms with van der Waals surface area (Å²) in [4.78, 5) is 69.1. The summed E-state index contributed by atoms with van der Waals surface area (Å²) in [6.45, 7) is 9.69. The maximum atomic E-state index is 13.9. The first kappa shape index (κ1) is 42.7. The van der Waals surface area contributed by atoms with Crippen molar-refractivity contribution in [2.75, 3.05) is 32.7 Å². The molecular formula is C39H63N3O8. The fourth-order valence-corrected chi connectivity index (χ4v) is 5.88. The Kier molecular flexibility index (Phi) is 19.1. The quantitative estimate of drug-likeness (QED) is 0.0466. The Bertz CT molecular complexity index is 1240. The fraction of sp³-hybridized carbons (Fsp3) is 0.718. The number of urea groups is 1. The van der Waals surface area contributed by atoms with E-state index in [0.717, 1.165) is 43.4 Å². The third kappa shape index (κ3) is 13.3. The molecule has 0 spiro atoms. The van der Waals surface area contributed by atoms with Crippen LogP contribution in [-0.4, -0.2) is 79.0 Å². The number of benzene rings is 1. The number of esters is 1. The molecule has 1 aliphatic rings. The van der Waals surface area contributed by atoms with Crippen molar-refractivity contribution in [3.8, 4) is 5.75 Å². The van der Waals surface area contributed by atoms with Crippen LogP contribution in [0.4, 0.5) is 10.5 Å². The van der Waals surface area contributed by atoms with Crippen LogP contribution in [0.1, 0.15) is 148 Å². The van der Waals surface area contributed by atoms with Crippen molar-refractivity contribution in [2.24, 2.45) is 5.41 Å². The number of nitrogens with zero attached hydrogens (tertiary/aromatic N) is 2. The smallest absolute Gasteiger partial charge is 0.338 e. The van der Waals surface area contributed by atoms with Crippen molar-refractivity contribution in [1.82, 2.24) is 9.80 Å². The Labute approximate surface area is 300 Å². The lowest BCUT2D eigenvalue weighted by molar-refractivity contribution is -0.149. The van der Waals surface area contributed by atoms with Gasteiger partial charge in [0.15, 0.2) is 11.8 Å². The van der Waals surface area contributed by atoms with Crippen molar-refractivity contribution in [2.45, 2.75) is 150 Å². The monoisotopic (exact) mass is 701 g/mol. The highest BCUT2D eigenvalue weighted by Crippen LogP contribution is 2.30. The molecule has 2 atom stereocenters. The van der Waals surface area contributed by atoms with Gasteiger partial charge >= 0.3 is 12.0 Å². The molecule has 1 heterocycles. The van der Waals surface area contributed by atoms with Gasteiger partial charge in [-0.05, 0) is 31.0 Å². The predicted molar refractivity (Wildman–Crippen MR) is 195 cm³/mol. The molecule has 1 aromatic carbocycles. The van der Waals surface area contributed by atoms with E-state index >= 15 is 0 Å². The first-order chi connectivity index (χ1) is 23.9. The lowest BCUT2D eigenvalue weighted by Crippen LogP contribution is -2.55. The second kappa shape index (κ2) is 22.4. The van der Waals surface area contributed by atoms with Crippen LogP contribution in [-0.2, 0) is 23.9 Å². The van der Waals surface area contributed by atoms with Crippen LogP contribution < -0.4 is 10.1 Å². The number of ketones is 1. The summed E-state index contributed by atoms with van der Waals surface area (Å²) < 4.78 is 16.7. The molecule has 1 aliphatic heterocycles. The first-order valence-electron chi connectivity index (χ1n) is 18.8. The van der Waals surface area contributed by atoms with Crippen LogP contribution in [0.2, 0.25) is 0 Å². The zero-order chi connectivity index (χ0) is 37.1. The number of imide groups is 1. The molecule has 1 saturated heterocycles. The minimum atomic E-state index is -1.78. The number of unbranched alkanes of at least 4 members (excludes halogenated alkanes) is 14. The molecule has 0 aliphatic carbocycles. The molecule has 2 unspecified atom stereocenters. The Morgan fingerprint density at radius 3 is 1.86 bits per heavy atom. The number of rotatable bonds is 25. The summed E-state index contributed by atoms with van der Waals surface area (Å²) in [6.07, 6.45) is 16.9. The second-order valence-corrected chi connectivity index (χ2v) is 14.3. The van der Waals surface area contributed by atoms with Gasteiger partial charge in [0.25, 0.3) is 11.8 Å². The van der Waals surface area contributed by atoms with E-state index in [0.29, 0.717) is 11.3 Å². The normalized spacial score (nSPS) is 15.4. The number of hydrogen-bond acceptors (Lipinski definition) is 8. The number of anilines is 1. The van der Waals surface area contributed by atoms with Gasteiger partial charge in [-0.1, -0.05) is 125 Å². The van der Waals surface area contributed by atoms with Gasteiger partial charge in [0.2, 0.25) is 6.23 Å². The summed E-state index contributed by atoms with van der Waals surface area (Å²) in [5, 5.41) is 2.64. The van der Waals surface area contributed by atoms with E-state index in [1.54, 1.807) is 20.8 Å². The topological polar surface area (TPSA) is 132 Å². The van der Waals surface area contributed by atoms with Gasteiger partial charge in [0.1, 0.15) is 5.75 Å². The average molecular weight is 702 g/mol. The van der Waals surface area contributed by atoms with Crippen molar-refractivity contribution >= 4 is 35.3 Å². The van der Waals surface area contributed by atoms with E-state index in [2.05, 4.69) is 19.2 Å². The Morgan fingerprint density at radius 2 is 1.32 bits per heavy atom. The number of likely N-dealkylation sites (N-methyl/N-ethyl adjacent to an activating group) is 1. The number of amides is 4. The van der Waals surface area contributed by atoms with Crippen LogP contribution in [0.15, 0.2) is 18.2 Å². The zero-order valence-electron chi connectivity index (χ0n) is 31.8. The highest BCUT2D eigenvalue weighted by Gasteiger charge is 2.53. The van der Waals surface area contributed by atoms with Crippen molar-refractivity contribution in [1.29, 1.82) is 0 Å². The summed E-state index contributed by atoms with van der Waals surface area (Å²) in [6, 6.07) is 1.86. The lowest BCUT2D eigenvalue weighted by atomic mass is 9.85. The van der Waals surface area contributed by atoms with Gasteiger partial charge in [-0.15, -0.1) is 0 Å². The molecule has 282 valence electrons. The highest BCUT2D eigenvalue weighted by atomic mass is 16.5. The van der Waals surface area contributed by atoms with Crippen LogP contribution in [0.5, 0.6) is 5.75 Å². The molecule has 1 aromatic rings. The maximum Gasteiger partial charge on any atom is 0.338 e. The van der Waals surface area contributed by atoms with E-state index < -0.39 is 47.3 Å². The van der Waals surface area contributed by atoms with Crippen LogP contribution in [0.25, 0.3) is 0 Å². The molecule has 2 rings (SSSR count). The van der Waals surface area contributed by atoms with E-state index in [1.807, 2.05) is 0 Å². The van der Waals surface area contributed by atoms with Gasteiger partial charge in [-0.25, -0.2) is 14.5 Å². The number of ether oxygens (including phenoxy) is 3. The molecule has 11 nitrogen and oxygen atoms in total. The molecule has 50 heavy (non-hydrogen) atoms. The van der Waals surface area contributed by atoms with Crippen molar-refractivity contribution in [3.63, 3.8) is 0 Å². The maximum absolute atomic E-state index is 13.9. The number of carbonyl (C=O) groups excluding carboxylic acids is 5. The molecule has 0 radical (unpaired) electrons. The number of carbonyl (C=O) groups is 5. The molecule has 0 aromatic heterocycles. The largest absolute Gasteiger partial charge is 0.495 e. The van der Waals surface area contributed by atoms with Gasteiger partial charge in [-0.3, -0.25) is 19.3 Å². The standard InChI is InChI=1S/C39H63N3O8/c1-8-10-12-14-15-16-17-18-19-20-21-23-27-50-37(46)29-24-25-31(48-7)30(28-29)40-34(44)32(33(43)39(3,4)5)42-35(45)36(41(6)38(42)47)49-26-22-13-11-9-2/h24-25,28,32,36H,8-23,26-27H2,1-7H3,(H,40,44). The minimum Gasteiger partial charge on any atom is -0.495 e. The van der Waals surface area contributed by atoms with E-state index in [1.165, 1.54) is 90.1 Å². The SMILES string of the molecule is CCCCCCCCCCCCCCOC(=O)c1ccc(OC)c(NC(=O)C(C(=O)C(C)(C)C)N2C(=O)C(OCCCCCC)N(C)C2=O)c1. The molecule has 1 fully saturated rings. The fourth-order valence-electron chi connectivity index (χ4n) is 5.88. The molecule has 4 amide bonds. The number of nitrogens with one attached hydrogen (secondary N) is 1. The van der Waals surface area contributed by atoms with Crippen LogP contribution in [0.3, 0.4) is 0 Å². The molecule has 0 bridgehead atoms. The molecule has 0 saturated carbocycles. The Balaban J connectivity index is 2.03. The predicted octanol–water partition coefficient (Wildman–Crippen LogP) is 8.29. The number of hydrogen-bond donors (Lipinski definition) is 1. The third-order valence-corrected chi connectivity index (χ3v) is 9.00. The zero-order valence-corrected chi connectivity index (χ0v) is 31.8. The molecule has 11 heteroatoms. The lowest BCUT2D eigenvalue weighted by Gasteiger charge is -2.29.